The van der Waals surface area contributed by atoms with Gasteiger partial charge in [-0.2, -0.15) is 0 Å². The smallest absolute Gasteiger partial charge is 0.257 e. The van der Waals surface area contributed by atoms with E-state index in [9.17, 15) is 4.79 Å². The Morgan fingerprint density at radius 3 is 2.57 bits per heavy atom. The summed E-state index contributed by atoms with van der Waals surface area (Å²) in [5.74, 6) is 1.06. The maximum Gasteiger partial charge on any atom is 0.257 e. The molecule has 3 rings (SSSR count). The van der Waals surface area contributed by atoms with Crippen LogP contribution in [0.3, 0.4) is 0 Å². The number of furan rings is 1. The van der Waals surface area contributed by atoms with Crippen LogP contribution in [-0.2, 0) is 0 Å². The lowest BCUT2D eigenvalue weighted by Gasteiger charge is -2.35. The van der Waals surface area contributed by atoms with Gasteiger partial charge in [-0.25, -0.2) is 0 Å². The van der Waals surface area contributed by atoms with Gasteiger partial charge in [0.25, 0.3) is 5.91 Å². The Balaban J connectivity index is 1.39. The minimum Gasteiger partial charge on any atom is -0.472 e. The molecule has 1 amide bonds. The summed E-state index contributed by atoms with van der Waals surface area (Å²) in [4.78, 5) is 16.7. The van der Waals surface area contributed by atoms with Gasteiger partial charge in [0, 0.05) is 26.2 Å². The molecule has 0 radical (unpaired) electrons. The van der Waals surface area contributed by atoms with Crippen LogP contribution in [-0.4, -0.2) is 48.4 Å². The Labute approximate surface area is 127 Å². The summed E-state index contributed by atoms with van der Waals surface area (Å²) in [5.41, 5.74) is 0.672. The Bertz CT molecular complexity index is 430. The van der Waals surface area contributed by atoms with Crippen molar-refractivity contribution in [2.24, 2.45) is 5.92 Å². The van der Waals surface area contributed by atoms with Crippen LogP contribution in [0.5, 0.6) is 0 Å². The third-order valence-corrected chi connectivity index (χ3v) is 5.01. The van der Waals surface area contributed by atoms with E-state index in [-0.39, 0.29) is 5.91 Å². The summed E-state index contributed by atoms with van der Waals surface area (Å²) in [6.07, 6.45) is 11.6. The van der Waals surface area contributed by atoms with Crippen molar-refractivity contribution >= 4 is 5.91 Å². The average Bonchev–Trinajstić information content (AvgIpc) is 3.08. The second kappa shape index (κ2) is 7.12. The van der Waals surface area contributed by atoms with Gasteiger partial charge < -0.3 is 9.32 Å². The molecule has 4 heteroatoms. The predicted molar refractivity (Wildman–Crippen MR) is 82.2 cm³/mol. The summed E-state index contributed by atoms with van der Waals surface area (Å²) in [6, 6.07) is 1.75. The zero-order valence-electron chi connectivity index (χ0n) is 12.8. The van der Waals surface area contributed by atoms with Gasteiger partial charge in [-0.05, 0) is 24.9 Å². The largest absolute Gasteiger partial charge is 0.472 e. The van der Waals surface area contributed by atoms with Gasteiger partial charge in [0.05, 0.1) is 11.8 Å². The van der Waals surface area contributed by atoms with Crippen molar-refractivity contribution in [3.05, 3.63) is 24.2 Å². The van der Waals surface area contributed by atoms with Crippen molar-refractivity contribution in [1.82, 2.24) is 9.80 Å². The van der Waals surface area contributed by atoms with Gasteiger partial charge in [0.15, 0.2) is 0 Å². The van der Waals surface area contributed by atoms with Crippen LogP contribution in [0.2, 0.25) is 0 Å². The van der Waals surface area contributed by atoms with Gasteiger partial charge in [0.1, 0.15) is 6.26 Å². The standard InChI is InChI=1S/C17H26N2O2/c20-17(16-7-13-21-14-16)19-11-9-18(10-12-19)8-6-15-4-2-1-3-5-15/h7,13-15H,1-6,8-12H2. The fourth-order valence-corrected chi connectivity index (χ4v) is 3.58. The summed E-state index contributed by atoms with van der Waals surface area (Å²) in [6.45, 7) is 4.91. The maximum absolute atomic E-state index is 12.2. The molecule has 2 heterocycles. The van der Waals surface area contributed by atoms with Crippen molar-refractivity contribution in [2.75, 3.05) is 32.7 Å². The highest BCUT2D eigenvalue weighted by Crippen LogP contribution is 2.26. The van der Waals surface area contributed by atoms with Crippen LogP contribution in [0, 0.1) is 5.92 Å². The number of carbonyl (C=O) groups excluding carboxylic acids is 1. The molecule has 21 heavy (non-hydrogen) atoms. The van der Waals surface area contributed by atoms with Crippen molar-refractivity contribution in [3.8, 4) is 0 Å². The quantitative estimate of drug-likeness (QED) is 0.855. The van der Waals surface area contributed by atoms with E-state index in [2.05, 4.69) is 4.90 Å². The third-order valence-electron chi connectivity index (χ3n) is 5.01. The normalized spacial score (nSPS) is 21.6. The van der Waals surface area contributed by atoms with Gasteiger partial charge in [-0.1, -0.05) is 32.1 Å². The molecule has 116 valence electrons. The SMILES string of the molecule is O=C(c1ccoc1)N1CCN(CCC2CCCCC2)CC1. The molecule has 0 bridgehead atoms. The molecular weight excluding hydrogens is 264 g/mol. The second-order valence-electron chi connectivity index (χ2n) is 6.44. The summed E-state index contributed by atoms with van der Waals surface area (Å²) in [5, 5.41) is 0. The fourth-order valence-electron chi connectivity index (χ4n) is 3.58. The molecule has 0 N–H and O–H groups in total. The predicted octanol–water partition coefficient (Wildman–Crippen LogP) is 3.01. The van der Waals surface area contributed by atoms with Gasteiger partial charge in [-0.15, -0.1) is 0 Å². The van der Waals surface area contributed by atoms with E-state index >= 15 is 0 Å². The second-order valence-corrected chi connectivity index (χ2v) is 6.44. The highest BCUT2D eigenvalue weighted by atomic mass is 16.3. The molecule has 1 aliphatic heterocycles. The molecule has 1 aromatic rings. The number of rotatable bonds is 4. The molecule has 0 aromatic carbocycles. The van der Waals surface area contributed by atoms with Gasteiger partial charge in [0.2, 0.25) is 0 Å². The molecule has 0 atom stereocenters. The van der Waals surface area contributed by atoms with E-state index in [1.807, 2.05) is 4.90 Å². The molecule has 2 fully saturated rings. The van der Waals surface area contributed by atoms with E-state index in [0.29, 0.717) is 5.56 Å². The molecule has 1 saturated heterocycles. The Morgan fingerprint density at radius 2 is 1.90 bits per heavy atom. The molecule has 2 aliphatic rings. The first kappa shape index (κ1) is 14.6. The number of piperazine rings is 1. The van der Waals surface area contributed by atoms with E-state index in [0.717, 1.165) is 32.1 Å². The Morgan fingerprint density at radius 1 is 1.14 bits per heavy atom. The molecule has 1 saturated carbocycles. The van der Waals surface area contributed by atoms with Crippen LogP contribution in [0.15, 0.2) is 23.0 Å². The highest BCUT2D eigenvalue weighted by molar-refractivity contribution is 5.93. The Hall–Kier alpha value is -1.29. The van der Waals surface area contributed by atoms with E-state index in [1.165, 1.54) is 51.3 Å². The molecule has 0 spiro atoms. The number of nitrogens with zero attached hydrogens (tertiary/aromatic N) is 2. The first-order valence-corrected chi connectivity index (χ1v) is 8.37. The van der Waals surface area contributed by atoms with Crippen LogP contribution < -0.4 is 0 Å². The maximum atomic E-state index is 12.2. The number of hydrogen-bond acceptors (Lipinski definition) is 3. The highest BCUT2D eigenvalue weighted by Gasteiger charge is 2.23. The van der Waals surface area contributed by atoms with Crippen molar-refractivity contribution in [1.29, 1.82) is 0 Å². The van der Waals surface area contributed by atoms with Gasteiger partial charge >= 0.3 is 0 Å². The Kier molecular flexibility index (Phi) is 4.96. The summed E-state index contributed by atoms with van der Waals surface area (Å²) in [7, 11) is 0. The fraction of sp³-hybridized carbons (Fsp3) is 0.706. The van der Waals surface area contributed by atoms with Crippen molar-refractivity contribution in [3.63, 3.8) is 0 Å². The number of hydrogen-bond donors (Lipinski definition) is 0. The summed E-state index contributed by atoms with van der Waals surface area (Å²) < 4.78 is 5.00. The monoisotopic (exact) mass is 290 g/mol. The number of carbonyl (C=O) groups is 1. The number of amides is 1. The minimum atomic E-state index is 0.107. The van der Waals surface area contributed by atoms with Gasteiger partial charge in [-0.3, -0.25) is 9.69 Å². The lowest BCUT2D eigenvalue weighted by Crippen LogP contribution is -2.49. The van der Waals surface area contributed by atoms with Crippen LogP contribution in [0.1, 0.15) is 48.9 Å². The van der Waals surface area contributed by atoms with E-state index in [4.69, 9.17) is 4.42 Å². The van der Waals surface area contributed by atoms with E-state index < -0.39 is 0 Å². The molecular formula is C17H26N2O2. The lowest BCUT2D eigenvalue weighted by molar-refractivity contribution is 0.0627. The van der Waals surface area contributed by atoms with Crippen LogP contribution in [0.4, 0.5) is 0 Å². The third kappa shape index (κ3) is 3.88. The molecule has 1 aliphatic carbocycles. The van der Waals surface area contributed by atoms with Crippen LogP contribution in [0.25, 0.3) is 0 Å². The average molecular weight is 290 g/mol. The molecule has 1 aromatic heterocycles. The zero-order valence-corrected chi connectivity index (χ0v) is 12.8. The molecule has 0 unspecified atom stereocenters. The van der Waals surface area contributed by atoms with Crippen molar-refractivity contribution in [2.45, 2.75) is 38.5 Å². The first-order valence-electron chi connectivity index (χ1n) is 8.37. The molecule has 4 nitrogen and oxygen atoms in total. The summed E-state index contributed by atoms with van der Waals surface area (Å²) >= 11 is 0. The first-order chi connectivity index (χ1) is 10.3. The minimum absolute atomic E-state index is 0.107. The zero-order chi connectivity index (χ0) is 14.5. The van der Waals surface area contributed by atoms with E-state index in [1.54, 1.807) is 12.3 Å². The van der Waals surface area contributed by atoms with Crippen molar-refractivity contribution < 1.29 is 9.21 Å². The lowest BCUT2D eigenvalue weighted by atomic mass is 9.87. The topological polar surface area (TPSA) is 36.7 Å². The van der Waals surface area contributed by atoms with Crippen LogP contribution >= 0.6 is 0 Å².